The molecule has 0 saturated carbocycles. The van der Waals surface area contributed by atoms with Gasteiger partial charge in [0.15, 0.2) is 0 Å². The summed E-state index contributed by atoms with van der Waals surface area (Å²) in [7, 11) is 0. The number of aliphatic hydroxyl groups is 1. The van der Waals surface area contributed by atoms with Crippen LogP contribution in [0.3, 0.4) is 0 Å². The molecule has 3 heterocycles. The van der Waals surface area contributed by atoms with Crippen molar-refractivity contribution in [3.63, 3.8) is 0 Å². The number of halogens is 1. The fraction of sp³-hybridized carbons (Fsp3) is 0.594. The van der Waals surface area contributed by atoms with Gasteiger partial charge in [-0.3, -0.25) is 14.4 Å². The number of amides is 2. The second kappa shape index (κ2) is 13.7. The number of benzene rings is 1. The molecule has 0 aliphatic carbocycles. The summed E-state index contributed by atoms with van der Waals surface area (Å²) >= 11 is 3.72. The second-order valence-electron chi connectivity index (χ2n) is 11.4. The van der Waals surface area contributed by atoms with Crippen LogP contribution in [-0.2, 0) is 23.9 Å². The molecule has 1 spiro atoms. The number of allylic oxidation sites excluding steroid dienone is 1. The van der Waals surface area contributed by atoms with E-state index >= 15 is 0 Å². The highest BCUT2D eigenvalue weighted by Gasteiger charge is 2.77. The van der Waals surface area contributed by atoms with Crippen LogP contribution in [0.2, 0.25) is 0 Å². The summed E-state index contributed by atoms with van der Waals surface area (Å²) in [6.07, 6.45) is 7.79. The van der Waals surface area contributed by atoms with Crippen LogP contribution in [0.5, 0.6) is 0 Å². The molecule has 2 bridgehead atoms. The van der Waals surface area contributed by atoms with Gasteiger partial charge >= 0.3 is 5.97 Å². The zero-order valence-electron chi connectivity index (χ0n) is 24.2. The first-order valence-corrected chi connectivity index (χ1v) is 15.6. The molecule has 6 atom stereocenters. The number of esters is 1. The Morgan fingerprint density at radius 3 is 2.56 bits per heavy atom. The van der Waals surface area contributed by atoms with Gasteiger partial charge in [-0.25, -0.2) is 0 Å². The first-order valence-electron chi connectivity index (χ1n) is 14.7. The van der Waals surface area contributed by atoms with Crippen LogP contribution in [0.4, 0.5) is 5.69 Å². The van der Waals surface area contributed by atoms with Crippen molar-refractivity contribution >= 4 is 39.4 Å². The number of carbonyl (C=O) groups excluding carboxylic acids is 3. The fourth-order valence-corrected chi connectivity index (χ4v) is 7.89. The molecule has 3 aliphatic rings. The average molecular weight is 632 g/mol. The van der Waals surface area contributed by atoms with E-state index in [4.69, 9.17) is 9.47 Å². The molecule has 3 aliphatic heterocycles. The number of alkyl halides is 1. The van der Waals surface area contributed by atoms with Crippen LogP contribution in [0.1, 0.15) is 56.1 Å². The molecule has 2 amide bonds. The molecule has 4 rings (SSSR count). The molecule has 41 heavy (non-hydrogen) atoms. The zero-order valence-corrected chi connectivity index (χ0v) is 25.8. The lowest BCUT2D eigenvalue weighted by atomic mass is 9.70. The molecule has 0 radical (unpaired) electrons. The summed E-state index contributed by atoms with van der Waals surface area (Å²) in [4.78, 5) is 45.5. The molecule has 3 saturated heterocycles. The quantitative estimate of drug-likeness (QED) is 0.131. The van der Waals surface area contributed by atoms with Crippen molar-refractivity contribution in [2.45, 2.75) is 81.4 Å². The molecule has 0 aromatic heterocycles. The predicted molar refractivity (Wildman–Crippen MR) is 162 cm³/mol. The molecule has 1 N–H and O–H groups in total. The summed E-state index contributed by atoms with van der Waals surface area (Å²) < 4.78 is 12.3. The lowest BCUT2D eigenvalue weighted by Gasteiger charge is -2.37. The number of aryl methyl sites for hydroxylation is 2. The van der Waals surface area contributed by atoms with Crippen LogP contribution in [0.15, 0.2) is 43.5 Å². The number of carbonyl (C=O) groups is 3. The number of anilines is 1. The Morgan fingerprint density at radius 1 is 1.17 bits per heavy atom. The number of hydrogen-bond donors (Lipinski definition) is 1. The van der Waals surface area contributed by atoms with Crippen LogP contribution in [0.25, 0.3) is 0 Å². The fourth-order valence-electron chi connectivity index (χ4n) is 6.95. The molecule has 3 fully saturated rings. The van der Waals surface area contributed by atoms with E-state index < -0.39 is 35.6 Å². The van der Waals surface area contributed by atoms with Crippen molar-refractivity contribution in [3.8, 4) is 0 Å². The van der Waals surface area contributed by atoms with Gasteiger partial charge in [0.1, 0.15) is 11.6 Å². The highest BCUT2D eigenvalue weighted by Crippen LogP contribution is 2.60. The number of nitrogens with zero attached hydrogens (tertiary/aromatic N) is 2. The van der Waals surface area contributed by atoms with E-state index in [1.165, 1.54) is 0 Å². The molecule has 8 nitrogen and oxygen atoms in total. The third kappa shape index (κ3) is 5.90. The van der Waals surface area contributed by atoms with E-state index in [9.17, 15) is 19.5 Å². The molecule has 9 heteroatoms. The minimum atomic E-state index is -1.15. The monoisotopic (exact) mass is 630 g/mol. The number of fused-ring (bicyclic) bond motifs is 1. The highest BCUT2D eigenvalue weighted by atomic mass is 79.9. The van der Waals surface area contributed by atoms with Gasteiger partial charge in [0.05, 0.1) is 24.5 Å². The highest BCUT2D eigenvalue weighted by molar-refractivity contribution is 9.09. The van der Waals surface area contributed by atoms with E-state index in [0.717, 1.165) is 29.7 Å². The van der Waals surface area contributed by atoms with Gasteiger partial charge in [0.2, 0.25) is 5.91 Å². The van der Waals surface area contributed by atoms with Crippen molar-refractivity contribution in [2.24, 2.45) is 11.8 Å². The largest absolute Gasteiger partial charge is 0.465 e. The third-order valence-corrected chi connectivity index (χ3v) is 9.53. The second-order valence-corrected chi connectivity index (χ2v) is 12.6. The normalized spacial score (nSPS) is 28.0. The number of rotatable bonds is 15. The van der Waals surface area contributed by atoms with Gasteiger partial charge in [0, 0.05) is 30.2 Å². The summed E-state index contributed by atoms with van der Waals surface area (Å²) in [5, 5.41) is 9.29. The smallest absolute Gasteiger partial charge is 0.312 e. The molecule has 3 unspecified atom stereocenters. The van der Waals surface area contributed by atoms with Crippen molar-refractivity contribution < 1.29 is 29.0 Å². The number of unbranched alkanes of at least 4 members (excludes halogenated alkanes) is 4. The number of hydrogen-bond acceptors (Lipinski definition) is 6. The van der Waals surface area contributed by atoms with Crippen LogP contribution < -0.4 is 4.90 Å². The van der Waals surface area contributed by atoms with E-state index in [1.54, 1.807) is 15.9 Å². The van der Waals surface area contributed by atoms with Crippen molar-refractivity contribution in [1.82, 2.24) is 4.90 Å². The Morgan fingerprint density at radius 2 is 1.90 bits per heavy atom. The lowest BCUT2D eigenvalue weighted by molar-refractivity contribution is -0.155. The number of aliphatic hydroxyl groups excluding tert-OH is 1. The lowest BCUT2D eigenvalue weighted by Crippen LogP contribution is -2.57. The number of likely N-dealkylation sites (tertiary alicyclic amines) is 1. The van der Waals surface area contributed by atoms with Gasteiger partial charge in [-0.05, 0) is 69.9 Å². The SMILES string of the molecule is C=CCCCCOC(=O)[C@H]1[C@H]2C(=O)N(CCCCCO)C(C(=O)N(CC=C)c3c(C)cccc3C)C23CC(Br)[C@@H]1O3. The Labute approximate surface area is 251 Å². The topological polar surface area (TPSA) is 96.4 Å². The van der Waals surface area contributed by atoms with E-state index in [2.05, 4.69) is 29.1 Å². The first-order chi connectivity index (χ1) is 19.7. The first kappa shape index (κ1) is 31.4. The summed E-state index contributed by atoms with van der Waals surface area (Å²) in [6.45, 7) is 12.5. The van der Waals surface area contributed by atoms with Crippen molar-refractivity contribution in [1.29, 1.82) is 0 Å². The maximum absolute atomic E-state index is 14.7. The van der Waals surface area contributed by atoms with Crippen molar-refractivity contribution in [3.05, 3.63) is 54.6 Å². The molecule has 1 aromatic carbocycles. The van der Waals surface area contributed by atoms with E-state index in [1.807, 2.05) is 38.1 Å². The van der Waals surface area contributed by atoms with Gasteiger partial charge in [-0.1, -0.05) is 46.3 Å². The third-order valence-electron chi connectivity index (χ3n) is 8.69. The van der Waals surface area contributed by atoms with Crippen molar-refractivity contribution in [2.75, 3.05) is 31.2 Å². The summed E-state index contributed by atoms with van der Waals surface area (Å²) in [5.74, 6) is -2.49. The Hall–Kier alpha value is -2.49. The van der Waals surface area contributed by atoms with Crippen LogP contribution in [0, 0.1) is 25.7 Å². The van der Waals surface area contributed by atoms with Crippen LogP contribution in [-0.4, -0.2) is 76.7 Å². The standard InChI is InChI=1S/C32H43BrN2O6/c1-5-7-8-12-19-40-31(39)24-25-29(37)35(17-10-9-11-18-36)28(32(25)20-23(33)27(24)41-32)30(38)34(16-6-2)26-21(3)14-13-15-22(26)4/h5-6,13-15,23-25,27-28,36H,1-2,7-12,16-20H2,3-4H3/t23?,24-,25-,27-,28?,32?/m0/s1. The van der Waals surface area contributed by atoms with E-state index in [-0.39, 0.29) is 36.4 Å². The summed E-state index contributed by atoms with van der Waals surface area (Å²) in [6, 6.07) is 4.99. The number of ether oxygens (including phenoxy) is 2. The minimum absolute atomic E-state index is 0.0688. The van der Waals surface area contributed by atoms with Gasteiger partial charge in [-0.2, -0.15) is 0 Å². The maximum atomic E-state index is 14.7. The predicted octanol–water partition coefficient (Wildman–Crippen LogP) is 4.63. The summed E-state index contributed by atoms with van der Waals surface area (Å²) in [5.41, 5.74) is 1.54. The molecule has 1 aromatic rings. The average Bonchev–Trinajstić information content (AvgIpc) is 3.53. The zero-order chi connectivity index (χ0) is 29.7. The van der Waals surface area contributed by atoms with Crippen LogP contribution >= 0.6 is 15.9 Å². The van der Waals surface area contributed by atoms with E-state index in [0.29, 0.717) is 38.6 Å². The Balaban J connectivity index is 1.70. The number of para-hydroxylation sites is 1. The Kier molecular flexibility index (Phi) is 10.5. The molecule has 224 valence electrons. The minimum Gasteiger partial charge on any atom is -0.465 e. The van der Waals surface area contributed by atoms with Gasteiger partial charge in [-0.15, -0.1) is 13.2 Å². The van der Waals surface area contributed by atoms with Gasteiger partial charge in [0.25, 0.3) is 5.91 Å². The maximum Gasteiger partial charge on any atom is 0.312 e. The van der Waals surface area contributed by atoms with Gasteiger partial charge < -0.3 is 24.4 Å². The molecular weight excluding hydrogens is 588 g/mol. The molecular formula is C32H43BrN2O6. The Bertz CT molecular complexity index is 1140.